The molecular weight excluding hydrogens is 312 g/mol. The highest BCUT2D eigenvalue weighted by Gasteiger charge is 2.15. The third kappa shape index (κ3) is 4.35. The van der Waals surface area contributed by atoms with Crippen molar-refractivity contribution in [2.45, 2.75) is 6.54 Å². The quantitative estimate of drug-likeness (QED) is 0.270. The van der Waals surface area contributed by atoms with E-state index in [0.29, 0.717) is 5.69 Å². The highest BCUT2D eigenvalue weighted by molar-refractivity contribution is 5.80. The van der Waals surface area contributed by atoms with Gasteiger partial charge in [-0.25, -0.2) is 9.99 Å². The van der Waals surface area contributed by atoms with Crippen molar-refractivity contribution in [3.63, 3.8) is 0 Å². The molecule has 0 saturated carbocycles. The van der Waals surface area contributed by atoms with Crippen LogP contribution in [0, 0.1) is 10.1 Å². The summed E-state index contributed by atoms with van der Waals surface area (Å²) in [5.74, 6) is -0.596. The summed E-state index contributed by atoms with van der Waals surface area (Å²) in [7, 11) is 1.49. The van der Waals surface area contributed by atoms with E-state index in [1.54, 1.807) is 17.0 Å². The van der Waals surface area contributed by atoms with Crippen molar-refractivity contribution < 1.29 is 26.7 Å². The Balaban J connectivity index is 0.00000242. The number of pyridine rings is 1. The fourth-order valence-electron chi connectivity index (χ4n) is 1.61. The van der Waals surface area contributed by atoms with E-state index in [2.05, 4.69) is 15.5 Å². The highest BCUT2D eigenvalue weighted by Crippen LogP contribution is 2.08. The van der Waals surface area contributed by atoms with Crippen molar-refractivity contribution in [3.8, 4) is 0 Å². The van der Waals surface area contributed by atoms with Gasteiger partial charge in [-0.3, -0.25) is 4.79 Å². The molecule has 0 spiro atoms. The Kier molecular flexibility index (Phi) is 6.14. The zero-order valence-electron chi connectivity index (χ0n) is 11.6. The predicted octanol–water partition coefficient (Wildman–Crippen LogP) is -3.23. The SMILES string of the molecule is Cn1c(/C=N\NC(=O)C[n+]2ccccc2)cnc1[N+](=O)[O-].[Cl-]. The van der Waals surface area contributed by atoms with Crippen molar-refractivity contribution >= 4 is 18.1 Å². The highest BCUT2D eigenvalue weighted by atomic mass is 35.5. The topological polar surface area (TPSA) is 106 Å². The van der Waals surface area contributed by atoms with Crippen LogP contribution in [0.25, 0.3) is 0 Å². The number of carbonyl (C=O) groups is 1. The molecule has 0 radical (unpaired) electrons. The summed E-state index contributed by atoms with van der Waals surface area (Å²) in [6.45, 7) is 0.129. The summed E-state index contributed by atoms with van der Waals surface area (Å²) < 4.78 is 2.96. The number of carbonyl (C=O) groups excluding carboxylic acids is 1. The predicted molar refractivity (Wildman–Crippen MR) is 72.2 cm³/mol. The number of hydrogen-bond donors (Lipinski definition) is 1. The van der Waals surface area contributed by atoms with Gasteiger partial charge in [0.25, 0.3) is 0 Å². The van der Waals surface area contributed by atoms with Crippen molar-refractivity contribution in [3.05, 3.63) is 52.6 Å². The van der Waals surface area contributed by atoms with Gasteiger partial charge in [-0.15, -0.1) is 0 Å². The molecule has 0 atom stereocenters. The molecule has 0 aliphatic heterocycles. The number of nitro groups is 1. The van der Waals surface area contributed by atoms with Crippen molar-refractivity contribution in [2.75, 3.05) is 0 Å². The molecule has 116 valence electrons. The summed E-state index contributed by atoms with van der Waals surface area (Å²) in [5.41, 5.74) is 2.76. The van der Waals surface area contributed by atoms with Gasteiger partial charge in [-0.2, -0.15) is 9.67 Å². The van der Waals surface area contributed by atoms with Crippen molar-refractivity contribution in [1.29, 1.82) is 0 Å². The van der Waals surface area contributed by atoms with Crippen LogP contribution in [0.3, 0.4) is 0 Å². The van der Waals surface area contributed by atoms with Crippen LogP contribution in [0.4, 0.5) is 5.95 Å². The van der Waals surface area contributed by atoms with E-state index in [4.69, 9.17) is 0 Å². The summed E-state index contributed by atoms with van der Waals surface area (Å²) >= 11 is 0. The number of nitrogens with zero attached hydrogens (tertiary/aromatic N) is 5. The third-order valence-electron chi connectivity index (χ3n) is 2.65. The van der Waals surface area contributed by atoms with E-state index in [-0.39, 0.29) is 30.8 Å². The van der Waals surface area contributed by atoms with Crippen LogP contribution in [0.2, 0.25) is 0 Å². The number of rotatable bonds is 5. The number of amides is 1. The average Bonchev–Trinajstić information content (AvgIpc) is 2.81. The van der Waals surface area contributed by atoms with Crippen LogP contribution in [0.1, 0.15) is 5.69 Å². The zero-order valence-corrected chi connectivity index (χ0v) is 12.3. The first kappa shape index (κ1) is 17.2. The van der Waals surface area contributed by atoms with Gasteiger partial charge in [0, 0.05) is 12.1 Å². The maximum atomic E-state index is 11.6. The molecule has 22 heavy (non-hydrogen) atoms. The molecule has 9 nitrogen and oxygen atoms in total. The molecule has 2 rings (SSSR count). The Morgan fingerprint density at radius 2 is 2.18 bits per heavy atom. The minimum atomic E-state index is -0.595. The van der Waals surface area contributed by atoms with Crippen LogP contribution < -0.4 is 22.4 Å². The van der Waals surface area contributed by atoms with Gasteiger partial charge in [0.15, 0.2) is 18.1 Å². The molecule has 1 amide bonds. The minimum Gasteiger partial charge on any atom is -1.00 e. The van der Waals surface area contributed by atoms with E-state index in [1.165, 1.54) is 24.0 Å². The summed E-state index contributed by atoms with van der Waals surface area (Å²) in [5, 5.41) is 14.4. The van der Waals surface area contributed by atoms with E-state index < -0.39 is 4.92 Å². The molecule has 0 aliphatic rings. The second-order valence-electron chi connectivity index (χ2n) is 4.14. The molecule has 0 aromatic carbocycles. The van der Waals surface area contributed by atoms with Gasteiger partial charge < -0.3 is 22.5 Å². The smallest absolute Gasteiger partial charge is 0.434 e. The normalized spacial score (nSPS) is 10.2. The number of halogens is 1. The lowest BCUT2D eigenvalue weighted by atomic mass is 10.4. The summed E-state index contributed by atoms with van der Waals surface area (Å²) in [4.78, 5) is 25.3. The molecule has 10 heteroatoms. The Bertz CT molecular complexity index is 685. The van der Waals surface area contributed by atoms with Gasteiger partial charge in [-0.1, -0.05) is 11.1 Å². The average molecular weight is 325 g/mol. The van der Waals surface area contributed by atoms with Crippen LogP contribution in [0.5, 0.6) is 0 Å². The Morgan fingerprint density at radius 3 is 2.77 bits per heavy atom. The lowest BCUT2D eigenvalue weighted by Crippen LogP contribution is -3.00. The number of hydrogen-bond acceptors (Lipinski definition) is 5. The van der Waals surface area contributed by atoms with Gasteiger partial charge in [0.05, 0.1) is 13.3 Å². The molecule has 0 bridgehead atoms. The molecule has 0 fully saturated rings. The van der Waals surface area contributed by atoms with E-state index in [0.717, 1.165) is 0 Å². The number of imidazole rings is 1. The maximum absolute atomic E-state index is 11.6. The Labute approximate surface area is 131 Å². The second-order valence-corrected chi connectivity index (χ2v) is 4.14. The first-order valence-electron chi connectivity index (χ1n) is 6.00. The first-order valence-corrected chi connectivity index (χ1v) is 6.00. The van der Waals surface area contributed by atoms with Gasteiger partial charge >= 0.3 is 11.9 Å². The molecular formula is C12H13ClN6O3. The molecule has 2 aromatic rings. The molecule has 2 heterocycles. The van der Waals surface area contributed by atoms with Crippen LogP contribution >= 0.6 is 0 Å². The zero-order chi connectivity index (χ0) is 15.2. The summed E-state index contributed by atoms with van der Waals surface area (Å²) in [6, 6.07) is 5.47. The third-order valence-corrected chi connectivity index (χ3v) is 2.65. The fraction of sp³-hybridized carbons (Fsp3) is 0.167. The van der Waals surface area contributed by atoms with E-state index in [1.807, 2.05) is 18.2 Å². The van der Waals surface area contributed by atoms with Gasteiger partial charge in [0.1, 0.15) is 6.20 Å². The van der Waals surface area contributed by atoms with Gasteiger partial charge in [-0.05, 0) is 4.92 Å². The number of aromatic nitrogens is 3. The molecule has 1 N–H and O–H groups in total. The van der Waals surface area contributed by atoms with Crippen LogP contribution in [-0.2, 0) is 18.4 Å². The Morgan fingerprint density at radius 1 is 1.50 bits per heavy atom. The van der Waals surface area contributed by atoms with Gasteiger partial charge in [0.2, 0.25) is 6.54 Å². The van der Waals surface area contributed by atoms with Crippen LogP contribution in [0.15, 0.2) is 41.9 Å². The summed E-state index contributed by atoms with van der Waals surface area (Å²) in [6.07, 6.45) is 6.12. The number of hydrazone groups is 1. The first-order chi connectivity index (χ1) is 10.1. The second kappa shape index (κ2) is 7.84. The molecule has 0 aliphatic carbocycles. The Hall–Kier alpha value is -2.81. The van der Waals surface area contributed by atoms with Crippen molar-refractivity contribution in [2.24, 2.45) is 12.1 Å². The van der Waals surface area contributed by atoms with E-state index >= 15 is 0 Å². The van der Waals surface area contributed by atoms with E-state index in [9.17, 15) is 14.9 Å². The monoisotopic (exact) mass is 324 g/mol. The fourth-order valence-corrected chi connectivity index (χ4v) is 1.61. The number of nitrogens with one attached hydrogen (secondary N) is 1. The lowest BCUT2D eigenvalue weighted by molar-refractivity contribution is -0.684. The van der Waals surface area contributed by atoms with Crippen LogP contribution in [-0.4, -0.2) is 26.6 Å². The molecule has 0 unspecified atom stereocenters. The lowest BCUT2D eigenvalue weighted by Gasteiger charge is -1.96. The minimum absolute atomic E-state index is 0. The standard InChI is InChI=1S/C12H12N6O3.ClH/c1-16-10(7-13-12(16)18(20)21)8-14-15-11(19)9-17-5-3-2-4-6-17;/h2-8H,9H2,1H3;1H/b14-8-;. The molecule has 0 saturated heterocycles. The molecule has 2 aromatic heterocycles. The van der Waals surface area contributed by atoms with Crippen molar-refractivity contribution in [1.82, 2.24) is 15.0 Å². The largest absolute Gasteiger partial charge is 1.00 e. The maximum Gasteiger partial charge on any atom is 0.434 e.